The third kappa shape index (κ3) is 1.40. The molecule has 0 amide bonds. The van der Waals surface area contributed by atoms with E-state index in [0.717, 1.165) is 31.3 Å². The van der Waals surface area contributed by atoms with Gasteiger partial charge in [-0.3, -0.25) is 0 Å². The summed E-state index contributed by atoms with van der Waals surface area (Å²) >= 11 is 0. The van der Waals surface area contributed by atoms with Gasteiger partial charge in [0.05, 0.1) is 4.91 Å². The number of hydrogen-bond acceptors (Lipinski definition) is 2. The predicted molar refractivity (Wildman–Crippen MR) is 48.4 cm³/mol. The Morgan fingerprint density at radius 1 is 1.25 bits per heavy atom. The van der Waals surface area contributed by atoms with Crippen molar-refractivity contribution in [1.29, 1.82) is 0 Å². The number of fused-ring (bicyclic) bond motifs is 3. The minimum atomic E-state index is -3.40. The van der Waals surface area contributed by atoms with E-state index >= 15 is 0 Å². The lowest BCUT2D eigenvalue weighted by Crippen LogP contribution is -2.20. The van der Waals surface area contributed by atoms with E-state index in [9.17, 15) is 8.42 Å². The third-order valence-electron chi connectivity index (χ3n) is 2.87. The van der Waals surface area contributed by atoms with E-state index in [1.807, 2.05) is 0 Å². The van der Waals surface area contributed by atoms with Gasteiger partial charge in [0.1, 0.15) is 0 Å². The first-order chi connectivity index (χ1) is 5.57. The Labute approximate surface area is 77.0 Å². The molecule has 0 unspecified atom stereocenters. The molecule has 1 fully saturated rings. The lowest BCUT2D eigenvalue weighted by atomic mass is 9.78. The Morgan fingerprint density at radius 3 is 2.08 bits per heavy atom. The fourth-order valence-electron chi connectivity index (χ4n) is 2.19. The van der Waals surface area contributed by atoms with Crippen molar-refractivity contribution in [2.45, 2.75) is 32.1 Å². The van der Waals surface area contributed by atoms with Crippen LogP contribution in [0.2, 0.25) is 0 Å². The zero-order valence-corrected chi connectivity index (χ0v) is 8.29. The molecule has 4 heteroatoms. The summed E-state index contributed by atoms with van der Waals surface area (Å²) in [6.45, 7) is 0. The molecule has 12 heavy (non-hydrogen) atoms. The highest BCUT2D eigenvalue weighted by molar-refractivity contribution is 8.16. The van der Waals surface area contributed by atoms with Crippen molar-refractivity contribution >= 4 is 19.7 Å². The third-order valence-corrected chi connectivity index (χ3v) is 4.47. The molecule has 3 rings (SSSR count). The first kappa shape index (κ1) is 8.57. The molecular formula is C8H11ClO2S. The van der Waals surface area contributed by atoms with Crippen molar-refractivity contribution in [2.75, 3.05) is 0 Å². The Balaban J connectivity index is 2.43. The van der Waals surface area contributed by atoms with Gasteiger partial charge in [-0.05, 0) is 38.0 Å². The molecule has 0 radical (unpaired) electrons. The fraction of sp³-hybridized carbons (Fsp3) is 0.750. The SMILES string of the molecule is O=S(=O)(Cl)C1=C2CCC(CC2)C1. The van der Waals surface area contributed by atoms with Crippen LogP contribution in [0.4, 0.5) is 0 Å². The first-order valence-electron chi connectivity index (χ1n) is 4.23. The van der Waals surface area contributed by atoms with Gasteiger partial charge in [0.15, 0.2) is 0 Å². The number of allylic oxidation sites excluding steroid dienone is 2. The zero-order valence-electron chi connectivity index (χ0n) is 6.72. The highest BCUT2D eigenvalue weighted by Gasteiger charge is 2.32. The minimum absolute atomic E-state index is 0.534. The van der Waals surface area contributed by atoms with Crippen LogP contribution in [0.25, 0.3) is 0 Å². The first-order valence-corrected chi connectivity index (χ1v) is 6.54. The van der Waals surface area contributed by atoms with Gasteiger partial charge in [-0.2, -0.15) is 0 Å². The molecule has 68 valence electrons. The molecule has 0 aliphatic heterocycles. The summed E-state index contributed by atoms with van der Waals surface area (Å²) in [5.74, 6) is 0.575. The van der Waals surface area contributed by atoms with Crippen LogP contribution in [0.3, 0.4) is 0 Å². The van der Waals surface area contributed by atoms with Crippen LogP contribution in [0.15, 0.2) is 10.5 Å². The molecule has 2 bridgehead atoms. The van der Waals surface area contributed by atoms with Crippen molar-refractivity contribution in [3.63, 3.8) is 0 Å². The van der Waals surface area contributed by atoms with E-state index < -0.39 is 9.05 Å². The van der Waals surface area contributed by atoms with Gasteiger partial charge in [-0.25, -0.2) is 8.42 Å². The largest absolute Gasteiger partial charge is 0.257 e. The smallest absolute Gasteiger partial charge is 0.207 e. The summed E-state index contributed by atoms with van der Waals surface area (Å²) in [6.07, 6.45) is 4.91. The van der Waals surface area contributed by atoms with Gasteiger partial charge < -0.3 is 0 Å². The molecule has 3 aliphatic carbocycles. The van der Waals surface area contributed by atoms with Gasteiger partial charge in [-0.15, -0.1) is 0 Å². The average molecular weight is 207 g/mol. The standard InChI is InChI=1S/C8H11ClO2S/c9-12(10,11)8-5-6-1-3-7(8)4-2-6/h6H,1-5H2. The Morgan fingerprint density at radius 2 is 1.83 bits per heavy atom. The Bertz CT molecular complexity index is 319. The van der Waals surface area contributed by atoms with Gasteiger partial charge in [-0.1, -0.05) is 5.57 Å². The van der Waals surface area contributed by atoms with Crippen LogP contribution >= 0.6 is 10.7 Å². The lowest BCUT2D eigenvalue weighted by Gasteiger charge is -2.32. The molecule has 0 aromatic rings. The second kappa shape index (κ2) is 2.74. The van der Waals surface area contributed by atoms with Crippen LogP contribution in [-0.4, -0.2) is 8.42 Å². The van der Waals surface area contributed by atoms with Gasteiger partial charge in [0, 0.05) is 10.7 Å². The van der Waals surface area contributed by atoms with Gasteiger partial charge in [0.2, 0.25) is 0 Å². The van der Waals surface area contributed by atoms with E-state index in [0.29, 0.717) is 17.2 Å². The lowest BCUT2D eigenvalue weighted by molar-refractivity contribution is 0.378. The predicted octanol–water partition coefficient (Wildman–Crippen LogP) is 2.40. The molecule has 1 saturated carbocycles. The zero-order chi connectivity index (χ0) is 8.77. The molecule has 0 N–H and O–H groups in total. The topological polar surface area (TPSA) is 34.1 Å². The second-order valence-corrected chi connectivity index (χ2v) is 6.20. The quantitative estimate of drug-likeness (QED) is 0.618. The molecule has 0 spiro atoms. The minimum Gasteiger partial charge on any atom is -0.207 e. The number of hydrogen-bond donors (Lipinski definition) is 0. The molecule has 3 aliphatic rings. The van der Waals surface area contributed by atoms with E-state index in [2.05, 4.69) is 0 Å². The monoisotopic (exact) mass is 206 g/mol. The van der Waals surface area contributed by atoms with Gasteiger partial charge >= 0.3 is 0 Å². The number of rotatable bonds is 1. The fourth-order valence-corrected chi connectivity index (χ4v) is 3.69. The molecular weight excluding hydrogens is 196 g/mol. The average Bonchev–Trinajstić information content (AvgIpc) is 2.05. The summed E-state index contributed by atoms with van der Waals surface area (Å²) in [4.78, 5) is 0.534. The van der Waals surface area contributed by atoms with E-state index in [-0.39, 0.29) is 0 Å². The Kier molecular flexibility index (Phi) is 1.96. The maximum atomic E-state index is 11.1. The molecule has 0 heterocycles. The van der Waals surface area contributed by atoms with Crippen LogP contribution < -0.4 is 0 Å². The van der Waals surface area contributed by atoms with Crippen molar-refractivity contribution in [3.05, 3.63) is 10.5 Å². The van der Waals surface area contributed by atoms with Crippen LogP contribution in [-0.2, 0) is 9.05 Å². The van der Waals surface area contributed by atoms with Crippen LogP contribution in [0, 0.1) is 5.92 Å². The summed E-state index contributed by atoms with van der Waals surface area (Å²) in [5.41, 5.74) is 1.09. The van der Waals surface area contributed by atoms with E-state index in [4.69, 9.17) is 10.7 Å². The highest BCUT2D eigenvalue weighted by Crippen LogP contribution is 2.43. The van der Waals surface area contributed by atoms with Crippen LogP contribution in [0.5, 0.6) is 0 Å². The Hall–Kier alpha value is -0.0200. The summed E-state index contributed by atoms with van der Waals surface area (Å²) < 4.78 is 22.2. The van der Waals surface area contributed by atoms with Crippen molar-refractivity contribution in [2.24, 2.45) is 5.92 Å². The molecule has 0 aromatic carbocycles. The van der Waals surface area contributed by atoms with E-state index in [1.165, 1.54) is 0 Å². The summed E-state index contributed by atoms with van der Waals surface area (Å²) in [6, 6.07) is 0. The molecule has 2 nitrogen and oxygen atoms in total. The van der Waals surface area contributed by atoms with E-state index in [1.54, 1.807) is 0 Å². The number of halogens is 1. The normalized spacial score (nSPS) is 25.1. The van der Waals surface area contributed by atoms with Crippen LogP contribution in [0.1, 0.15) is 32.1 Å². The molecule has 0 aromatic heterocycles. The maximum Gasteiger partial charge on any atom is 0.257 e. The van der Waals surface area contributed by atoms with Gasteiger partial charge in [0.25, 0.3) is 9.05 Å². The molecule has 0 atom stereocenters. The van der Waals surface area contributed by atoms with Crippen molar-refractivity contribution < 1.29 is 8.42 Å². The molecule has 0 saturated heterocycles. The van der Waals surface area contributed by atoms with Crippen molar-refractivity contribution in [1.82, 2.24) is 0 Å². The second-order valence-electron chi connectivity index (χ2n) is 3.61. The maximum absolute atomic E-state index is 11.1. The van der Waals surface area contributed by atoms with Crippen molar-refractivity contribution in [3.8, 4) is 0 Å². The highest BCUT2D eigenvalue weighted by atomic mass is 35.7. The summed E-state index contributed by atoms with van der Waals surface area (Å²) in [5, 5.41) is 0. The summed E-state index contributed by atoms with van der Waals surface area (Å²) in [7, 11) is 1.92.